The van der Waals surface area contributed by atoms with Crippen LogP contribution in [0.2, 0.25) is 5.04 Å². The summed E-state index contributed by atoms with van der Waals surface area (Å²) in [5.74, 6) is 0.611. The van der Waals surface area contributed by atoms with Crippen molar-refractivity contribution in [2.75, 3.05) is 13.2 Å². The van der Waals surface area contributed by atoms with Crippen LogP contribution >= 0.6 is 0 Å². The Morgan fingerprint density at radius 3 is 1.93 bits per heavy atom. The van der Waals surface area contributed by atoms with Crippen molar-refractivity contribution in [1.82, 2.24) is 5.32 Å². The molecule has 0 radical (unpaired) electrons. The third-order valence-electron chi connectivity index (χ3n) is 6.73. The van der Waals surface area contributed by atoms with Gasteiger partial charge in [0, 0.05) is 19.6 Å². The first kappa shape index (κ1) is 19.4. The second-order valence-corrected chi connectivity index (χ2v) is 13.8. The van der Waals surface area contributed by atoms with Gasteiger partial charge in [0.05, 0.1) is 0 Å². The van der Waals surface area contributed by atoms with E-state index in [-0.39, 0.29) is 16.4 Å². The lowest BCUT2D eigenvalue weighted by atomic mass is 9.89. The Morgan fingerprint density at radius 1 is 1.00 bits per heavy atom. The summed E-state index contributed by atoms with van der Waals surface area (Å²) >= 11 is 0. The van der Waals surface area contributed by atoms with Crippen molar-refractivity contribution in [2.24, 2.45) is 11.3 Å². The van der Waals surface area contributed by atoms with Gasteiger partial charge in [0.2, 0.25) is 5.91 Å². The quantitative estimate of drug-likeness (QED) is 0.763. The average molecular weight is 394 g/mol. The van der Waals surface area contributed by atoms with Crippen molar-refractivity contribution < 1.29 is 9.22 Å². The third kappa shape index (κ3) is 3.33. The number of carbonyl (C=O) groups excluding carboxylic acids is 1. The van der Waals surface area contributed by atoms with E-state index in [4.69, 9.17) is 4.43 Å². The molecule has 2 aromatic rings. The Hall–Kier alpha value is -1.91. The molecular weight excluding hydrogens is 362 g/mol. The van der Waals surface area contributed by atoms with Gasteiger partial charge in [-0.2, -0.15) is 0 Å². The highest BCUT2D eigenvalue weighted by atomic mass is 28.4. The van der Waals surface area contributed by atoms with Gasteiger partial charge in [-0.15, -0.1) is 0 Å². The Kier molecular flexibility index (Phi) is 4.96. The number of amides is 1. The molecule has 1 aliphatic carbocycles. The molecular formula is C24H31NO2Si. The first-order chi connectivity index (χ1) is 13.4. The molecule has 28 heavy (non-hydrogen) atoms. The fourth-order valence-corrected chi connectivity index (χ4v) is 9.54. The Labute approximate surface area is 169 Å². The number of benzene rings is 2. The summed E-state index contributed by atoms with van der Waals surface area (Å²) in [6, 6.07) is 21.6. The van der Waals surface area contributed by atoms with E-state index in [1.807, 2.05) is 0 Å². The fraction of sp³-hybridized carbons (Fsp3) is 0.458. The molecule has 0 spiro atoms. The van der Waals surface area contributed by atoms with Gasteiger partial charge in [-0.25, -0.2) is 0 Å². The molecule has 4 rings (SSSR count). The predicted molar refractivity (Wildman–Crippen MR) is 116 cm³/mol. The van der Waals surface area contributed by atoms with Crippen LogP contribution in [0.4, 0.5) is 0 Å². The number of hydrogen-bond acceptors (Lipinski definition) is 2. The molecule has 1 aliphatic heterocycles. The number of rotatable bonds is 6. The summed E-state index contributed by atoms with van der Waals surface area (Å²) < 4.78 is 7.14. The summed E-state index contributed by atoms with van der Waals surface area (Å²) in [5.41, 5.74) is 0.173. The first-order valence-corrected chi connectivity index (χ1v) is 12.3. The van der Waals surface area contributed by atoms with E-state index in [1.165, 1.54) is 23.2 Å². The van der Waals surface area contributed by atoms with Crippen LogP contribution in [-0.4, -0.2) is 27.4 Å². The van der Waals surface area contributed by atoms with Crippen molar-refractivity contribution >= 4 is 24.6 Å². The predicted octanol–water partition coefficient (Wildman–Crippen LogP) is 3.48. The van der Waals surface area contributed by atoms with Gasteiger partial charge in [-0.1, -0.05) is 81.4 Å². The highest BCUT2D eigenvalue weighted by Gasteiger charge is 2.56. The highest BCUT2D eigenvalue weighted by molar-refractivity contribution is 6.99. The molecule has 1 saturated carbocycles. The molecule has 0 aromatic heterocycles. The summed E-state index contributed by atoms with van der Waals surface area (Å²) in [5, 5.41) is 5.67. The van der Waals surface area contributed by atoms with Crippen molar-refractivity contribution in [3.05, 3.63) is 60.7 Å². The maximum atomic E-state index is 11.8. The molecule has 2 aromatic carbocycles. The maximum absolute atomic E-state index is 11.8. The third-order valence-corrected chi connectivity index (χ3v) is 11.7. The Balaban J connectivity index is 1.72. The van der Waals surface area contributed by atoms with Crippen LogP contribution in [0.1, 0.15) is 40.0 Å². The molecule has 4 heteroatoms. The zero-order valence-corrected chi connectivity index (χ0v) is 18.2. The zero-order chi connectivity index (χ0) is 19.8. The van der Waals surface area contributed by atoms with Crippen molar-refractivity contribution in [2.45, 2.75) is 45.1 Å². The van der Waals surface area contributed by atoms with Gasteiger partial charge in [0.15, 0.2) is 0 Å². The minimum atomic E-state index is -2.49. The Bertz CT molecular complexity index is 785. The van der Waals surface area contributed by atoms with Crippen molar-refractivity contribution in [3.8, 4) is 0 Å². The van der Waals surface area contributed by atoms with E-state index in [0.717, 1.165) is 13.2 Å². The van der Waals surface area contributed by atoms with Crippen LogP contribution in [-0.2, 0) is 9.22 Å². The summed E-state index contributed by atoms with van der Waals surface area (Å²) in [7, 11) is -2.49. The van der Waals surface area contributed by atoms with Crippen LogP contribution in [0.3, 0.4) is 0 Å². The maximum Gasteiger partial charge on any atom is 0.261 e. The molecule has 1 atom stereocenters. The van der Waals surface area contributed by atoms with Gasteiger partial charge in [-0.3, -0.25) is 4.79 Å². The normalized spacial score (nSPS) is 21.4. The van der Waals surface area contributed by atoms with E-state index >= 15 is 0 Å². The second-order valence-electron chi connectivity index (χ2n) is 9.52. The van der Waals surface area contributed by atoms with Gasteiger partial charge in [-0.05, 0) is 39.6 Å². The monoisotopic (exact) mass is 393 g/mol. The number of hydrogen-bond donors (Lipinski definition) is 1. The van der Waals surface area contributed by atoms with Crippen LogP contribution < -0.4 is 15.7 Å². The lowest BCUT2D eigenvalue weighted by Gasteiger charge is -2.44. The standard InChI is InChI=1S/C24H31NO2Si/c1-23(2,3)28(20-10-6-4-7-11-20,21-12-8-5-9-13-21)27-18-24(14-15-24)19-16-22(26)25-17-19/h4-13,19H,14-18H2,1-3H3,(H,25,26). The van der Waals surface area contributed by atoms with E-state index in [1.54, 1.807) is 0 Å². The zero-order valence-electron chi connectivity index (χ0n) is 17.2. The first-order valence-electron chi connectivity index (χ1n) is 10.4. The smallest absolute Gasteiger partial charge is 0.261 e. The lowest BCUT2D eigenvalue weighted by molar-refractivity contribution is -0.119. The molecule has 1 amide bonds. The SMILES string of the molecule is CC(C)(C)[Si](OCC1(C2CNC(=O)C2)CC1)(c1ccccc1)c1ccccc1. The van der Waals surface area contributed by atoms with Crippen LogP contribution in [0, 0.1) is 11.3 Å². The summed E-state index contributed by atoms with van der Waals surface area (Å²) in [4.78, 5) is 11.8. The average Bonchev–Trinajstić information content (AvgIpc) is 3.35. The second kappa shape index (κ2) is 7.16. The van der Waals surface area contributed by atoms with E-state index in [0.29, 0.717) is 12.3 Å². The van der Waals surface area contributed by atoms with Gasteiger partial charge in [0.1, 0.15) is 0 Å². The number of carbonyl (C=O) groups is 1. The van der Waals surface area contributed by atoms with Gasteiger partial charge in [0.25, 0.3) is 8.32 Å². The molecule has 3 nitrogen and oxygen atoms in total. The van der Waals surface area contributed by atoms with Gasteiger partial charge >= 0.3 is 0 Å². The Morgan fingerprint density at radius 2 is 1.54 bits per heavy atom. The molecule has 148 valence electrons. The van der Waals surface area contributed by atoms with E-state index < -0.39 is 8.32 Å². The molecule has 1 saturated heterocycles. The van der Waals surface area contributed by atoms with Crippen LogP contribution in [0.25, 0.3) is 0 Å². The molecule has 2 aliphatic rings. The van der Waals surface area contributed by atoms with Crippen molar-refractivity contribution in [1.29, 1.82) is 0 Å². The summed E-state index contributed by atoms with van der Waals surface area (Å²) in [6.45, 7) is 8.52. The number of nitrogens with one attached hydrogen (secondary N) is 1. The van der Waals surface area contributed by atoms with Gasteiger partial charge < -0.3 is 9.74 Å². The summed E-state index contributed by atoms with van der Waals surface area (Å²) in [6.07, 6.45) is 3.00. The molecule has 1 heterocycles. The topological polar surface area (TPSA) is 38.3 Å². The van der Waals surface area contributed by atoms with Crippen LogP contribution in [0.15, 0.2) is 60.7 Å². The minimum absolute atomic E-state index is 0.00443. The largest absolute Gasteiger partial charge is 0.407 e. The van der Waals surface area contributed by atoms with Crippen LogP contribution in [0.5, 0.6) is 0 Å². The van der Waals surface area contributed by atoms with E-state index in [9.17, 15) is 4.79 Å². The molecule has 2 fully saturated rings. The fourth-order valence-electron chi connectivity index (χ4n) is 4.88. The lowest BCUT2D eigenvalue weighted by Crippen LogP contribution is -2.67. The van der Waals surface area contributed by atoms with Crippen molar-refractivity contribution in [3.63, 3.8) is 0 Å². The molecule has 0 bridgehead atoms. The minimum Gasteiger partial charge on any atom is -0.407 e. The highest BCUT2D eigenvalue weighted by Crippen LogP contribution is 2.55. The molecule has 1 N–H and O–H groups in total. The van der Waals surface area contributed by atoms with E-state index in [2.05, 4.69) is 86.8 Å². The molecule has 1 unspecified atom stereocenters.